The molecule has 2 aromatic rings. The van der Waals surface area contributed by atoms with Crippen molar-refractivity contribution in [3.05, 3.63) is 36.2 Å². The summed E-state index contributed by atoms with van der Waals surface area (Å²) in [5, 5.41) is 0. The van der Waals surface area contributed by atoms with Gasteiger partial charge in [-0.2, -0.15) is 0 Å². The smallest absolute Gasteiger partial charge is 0.318 e. The van der Waals surface area contributed by atoms with E-state index in [2.05, 4.69) is 16.7 Å². The predicted octanol–water partition coefficient (Wildman–Crippen LogP) is 3.56. The molecule has 0 amide bonds. The van der Waals surface area contributed by atoms with E-state index in [1.807, 2.05) is 25.1 Å². The summed E-state index contributed by atoms with van der Waals surface area (Å²) in [7, 11) is 0. The van der Waals surface area contributed by atoms with Crippen molar-refractivity contribution in [2.75, 3.05) is 6.61 Å². The van der Waals surface area contributed by atoms with E-state index in [0.29, 0.717) is 6.61 Å². The number of rotatable bonds is 2. The highest BCUT2D eigenvalue weighted by Crippen LogP contribution is 2.49. The highest BCUT2D eigenvalue weighted by molar-refractivity contribution is 5.93. The summed E-state index contributed by atoms with van der Waals surface area (Å²) in [6.45, 7) is 2.31. The second-order valence-corrected chi connectivity index (χ2v) is 6.14. The predicted molar refractivity (Wildman–Crippen MR) is 85.2 cm³/mol. The molecule has 22 heavy (non-hydrogen) atoms. The number of allylic oxidation sites excluding steroid dienone is 1. The van der Waals surface area contributed by atoms with Gasteiger partial charge in [0.25, 0.3) is 0 Å². The average molecular weight is 296 g/mol. The zero-order valence-electron chi connectivity index (χ0n) is 12.8. The number of ether oxygens (including phenoxy) is 1. The normalized spacial score (nSPS) is 23.6. The Labute approximate surface area is 129 Å². The van der Waals surface area contributed by atoms with Crippen molar-refractivity contribution in [3.63, 3.8) is 0 Å². The Morgan fingerprint density at radius 3 is 3.09 bits per heavy atom. The Morgan fingerprint density at radius 1 is 1.36 bits per heavy atom. The van der Waals surface area contributed by atoms with Crippen LogP contribution in [-0.2, 0) is 16.0 Å². The lowest BCUT2D eigenvalue weighted by molar-refractivity contribution is -0.153. The van der Waals surface area contributed by atoms with Crippen molar-refractivity contribution >= 4 is 22.7 Å². The molecular weight excluding hydrogens is 276 g/mol. The fourth-order valence-electron chi connectivity index (χ4n) is 3.94. The number of esters is 1. The minimum absolute atomic E-state index is 0.0654. The topological polar surface area (TPSA) is 44.1 Å². The van der Waals surface area contributed by atoms with Gasteiger partial charge in [0.2, 0.25) is 0 Å². The van der Waals surface area contributed by atoms with Crippen LogP contribution >= 0.6 is 0 Å². The maximum Gasteiger partial charge on any atom is 0.318 e. The van der Waals surface area contributed by atoms with Crippen molar-refractivity contribution in [1.29, 1.82) is 0 Å². The number of imidazole rings is 1. The molecule has 0 saturated heterocycles. The van der Waals surface area contributed by atoms with Crippen molar-refractivity contribution in [1.82, 2.24) is 9.55 Å². The molecule has 0 spiro atoms. The first-order valence-electron chi connectivity index (χ1n) is 8.11. The van der Waals surface area contributed by atoms with Crippen molar-refractivity contribution in [2.45, 2.75) is 39.0 Å². The third-order valence-corrected chi connectivity index (χ3v) is 4.95. The Bertz CT molecular complexity index is 774. The molecule has 1 unspecified atom stereocenters. The molecule has 0 N–H and O–H groups in total. The van der Waals surface area contributed by atoms with Gasteiger partial charge in [0, 0.05) is 12.1 Å². The van der Waals surface area contributed by atoms with Gasteiger partial charge >= 0.3 is 5.97 Å². The zero-order chi connectivity index (χ0) is 15.2. The Morgan fingerprint density at radius 2 is 2.23 bits per heavy atom. The Hall–Kier alpha value is -2.10. The lowest BCUT2D eigenvalue weighted by Crippen LogP contribution is -2.41. The van der Waals surface area contributed by atoms with Crippen LogP contribution in [-0.4, -0.2) is 22.1 Å². The van der Waals surface area contributed by atoms with Crippen LogP contribution in [0, 0.1) is 5.41 Å². The minimum atomic E-state index is -0.481. The van der Waals surface area contributed by atoms with E-state index < -0.39 is 5.41 Å². The molecule has 1 aliphatic heterocycles. The van der Waals surface area contributed by atoms with Crippen LogP contribution in [0.25, 0.3) is 16.7 Å². The zero-order valence-corrected chi connectivity index (χ0v) is 12.8. The number of aromatic nitrogens is 2. The summed E-state index contributed by atoms with van der Waals surface area (Å²) >= 11 is 0. The van der Waals surface area contributed by atoms with Crippen LogP contribution in [0.5, 0.6) is 0 Å². The molecule has 1 atom stereocenters. The van der Waals surface area contributed by atoms with E-state index in [9.17, 15) is 4.79 Å². The maximum atomic E-state index is 12.7. The van der Waals surface area contributed by atoms with Crippen LogP contribution in [0.1, 0.15) is 38.4 Å². The summed E-state index contributed by atoms with van der Waals surface area (Å²) < 4.78 is 7.64. The van der Waals surface area contributed by atoms with Crippen molar-refractivity contribution < 1.29 is 9.53 Å². The summed E-state index contributed by atoms with van der Waals surface area (Å²) in [5.74, 6) is 0.999. The molecule has 4 nitrogen and oxygen atoms in total. The van der Waals surface area contributed by atoms with Gasteiger partial charge in [0.15, 0.2) is 0 Å². The van der Waals surface area contributed by atoms with Crippen LogP contribution in [0.3, 0.4) is 0 Å². The number of hydrogen-bond donors (Lipinski definition) is 0. The molecule has 4 rings (SSSR count). The van der Waals surface area contributed by atoms with Gasteiger partial charge < -0.3 is 4.74 Å². The van der Waals surface area contributed by atoms with E-state index in [-0.39, 0.29) is 5.97 Å². The number of benzene rings is 1. The van der Waals surface area contributed by atoms with Gasteiger partial charge in [-0.25, -0.2) is 4.98 Å². The van der Waals surface area contributed by atoms with Crippen LogP contribution < -0.4 is 0 Å². The molecule has 1 aliphatic carbocycles. The van der Waals surface area contributed by atoms with E-state index in [4.69, 9.17) is 9.72 Å². The summed E-state index contributed by atoms with van der Waals surface area (Å²) in [5.41, 5.74) is 2.71. The van der Waals surface area contributed by atoms with Gasteiger partial charge in [0.05, 0.1) is 17.6 Å². The van der Waals surface area contributed by atoms with Gasteiger partial charge in [-0.15, -0.1) is 0 Å². The number of hydrogen-bond acceptors (Lipinski definition) is 3. The molecule has 2 aliphatic rings. The lowest BCUT2D eigenvalue weighted by atomic mass is 9.70. The number of carbonyl (C=O) groups excluding carboxylic acids is 1. The van der Waals surface area contributed by atoms with Gasteiger partial charge in [-0.3, -0.25) is 9.36 Å². The standard InChI is InChI=1S/C18H20N2O2/c1-2-22-17(21)18-11-6-5-9-15(18)20-14-8-4-3-7-13(14)19-16(20)10-12-18/h3-4,7-9H,2,5-6,10-12H2,1H3. The third kappa shape index (κ3) is 1.76. The highest BCUT2D eigenvalue weighted by Gasteiger charge is 2.48. The number of para-hydroxylation sites is 2. The molecule has 1 aromatic carbocycles. The first kappa shape index (κ1) is 13.6. The first-order valence-corrected chi connectivity index (χ1v) is 8.11. The molecule has 0 saturated carbocycles. The number of carbonyl (C=O) groups is 1. The highest BCUT2D eigenvalue weighted by atomic mass is 16.5. The summed E-state index contributed by atoms with van der Waals surface area (Å²) in [4.78, 5) is 17.5. The largest absolute Gasteiger partial charge is 0.465 e. The maximum absolute atomic E-state index is 12.7. The number of nitrogens with zero attached hydrogens (tertiary/aromatic N) is 2. The summed E-state index contributed by atoms with van der Waals surface area (Å²) in [6, 6.07) is 8.16. The van der Waals surface area contributed by atoms with Crippen molar-refractivity contribution in [2.24, 2.45) is 5.41 Å². The molecule has 1 aromatic heterocycles. The van der Waals surface area contributed by atoms with Crippen molar-refractivity contribution in [3.8, 4) is 0 Å². The molecule has 0 radical (unpaired) electrons. The third-order valence-electron chi connectivity index (χ3n) is 4.95. The van der Waals surface area contributed by atoms with Crippen LogP contribution in [0.4, 0.5) is 0 Å². The number of aryl methyl sites for hydroxylation is 1. The van der Waals surface area contributed by atoms with Gasteiger partial charge in [-0.1, -0.05) is 18.2 Å². The van der Waals surface area contributed by atoms with Crippen LogP contribution in [0.2, 0.25) is 0 Å². The molecule has 0 bridgehead atoms. The average Bonchev–Trinajstić information content (AvgIpc) is 2.93. The van der Waals surface area contributed by atoms with Crippen LogP contribution in [0.15, 0.2) is 30.3 Å². The molecule has 0 fully saturated rings. The second-order valence-electron chi connectivity index (χ2n) is 6.14. The summed E-state index contributed by atoms with van der Waals surface area (Å²) in [6.07, 6.45) is 6.79. The lowest BCUT2D eigenvalue weighted by Gasteiger charge is -2.40. The first-order chi connectivity index (χ1) is 10.8. The SMILES string of the molecule is CCOC(=O)C12CCCC=C1n1c(nc3ccccc31)CC2. The molecule has 4 heteroatoms. The Balaban J connectivity index is 1.92. The molecular formula is C18H20N2O2. The van der Waals surface area contributed by atoms with Gasteiger partial charge in [-0.05, 0) is 44.7 Å². The Kier molecular flexibility index (Phi) is 3.06. The van der Waals surface area contributed by atoms with E-state index in [1.54, 1.807) is 0 Å². The fraction of sp³-hybridized carbons (Fsp3) is 0.444. The van der Waals surface area contributed by atoms with E-state index in [1.165, 1.54) is 0 Å². The van der Waals surface area contributed by atoms with E-state index in [0.717, 1.165) is 54.7 Å². The van der Waals surface area contributed by atoms with Gasteiger partial charge in [0.1, 0.15) is 11.2 Å². The van der Waals surface area contributed by atoms with E-state index >= 15 is 0 Å². The fourth-order valence-corrected chi connectivity index (χ4v) is 3.94. The minimum Gasteiger partial charge on any atom is -0.465 e. The number of fused-ring (bicyclic) bond motifs is 5. The second kappa shape index (κ2) is 4.97. The quantitative estimate of drug-likeness (QED) is 0.796. The molecule has 114 valence electrons. The monoisotopic (exact) mass is 296 g/mol. The molecule has 2 heterocycles.